The summed E-state index contributed by atoms with van der Waals surface area (Å²) in [6.45, 7) is 1.16. The van der Waals surface area contributed by atoms with Gasteiger partial charge in [-0.05, 0) is 26.6 Å². The van der Waals surface area contributed by atoms with Crippen molar-refractivity contribution in [2.24, 2.45) is 5.92 Å². The molecule has 1 unspecified atom stereocenters. The van der Waals surface area contributed by atoms with E-state index in [0.717, 1.165) is 0 Å². The molecule has 2 fully saturated rings. The summed E-state index contributed by atoms with van der Waals surface area (Å²) in [6, 6.07) is 5.38. The van der Waals surface area contributed by atoms with Crippen LogP contribution in [-0.4, -0.2) is 79.9 Å². The lowest BCUT2D eigenvalue weighted by Gasteiger charge is -2.50. The van der Waals surface area contributed by atoms with E-state index in [1.165, 1.54) is 0 Å². The van der Waals surface area contributed by atoms with Crippen LogP contribution in [0.3, 0.4) is 0 Å². The summed E-state index contributed by atoms with van der Waals surface area (Å²) in [5, 5.41) is 0. The average molecular weight is 353 g/mol. The molecule has 1 aromatic heterocycles. The van der Waals surface area contributed by atoms with Gasteiger partial charge in [0.25, 0.3) is 0 Å². The Morgan fingerprint density at radius 1 is 1.42 bits per heavy atom. The molecule has 1 spiro atoms. The van der Waals surface area contributed by atoms with Gasteiger partial charge in [0.2, 0.25) is 11.8 Å². The molecule has 3 rings (SSSR count). The maximum Gasteiger partial charge on any atom is 0.236 e. The van der Waals surface area contributed by atoms with Gasteiger partial charge in [-0.3, -0.25) is 4.79 Å². The van der Waals surface area contributed by atoms with Crippen LogP contribution in [0, 0.1) is 5.92 Å². The van der Waals surface area contributed by atoms with Crippen molar-refractivity contribution in [1.82, 2.24) is 14.8 Å². The van der Waals surface area contributed by atoms with E-state index in [2.05, 4.69) is 4.98 Å². The van der Waals surface area contributed by atoms with Crippen molar-refractivity contribution in [1.29, 1.82) is 0 Å². The van der Waals surface area contributed by atoms with Crippen molar-refractivity contribution in [2.75, 3.05) is 46.1 Å². The topological polar surface area (TPSA) is 79.8 Å². The Hall–Kier alpha value is -1.67. The van der Waals surface area contributed by atoms with Crippen molar-refractivity contribution >= 4 is 15.7 Å². The standard InChI is InChI=1S/C16H23N3O4S/c1-18(2)9-15(20)19-11-16(12-19)13(6-8-24(16,21)22)10-23-14-5-3-4-7-17-14/h3-5,7,13H,6,8-12H2,1-2H3. The summed E-state index contributed by atoms with van der Waals surface area (Å²) in [7, 11) is 0.439. The first-order valence-corrected chi connectivity index (χ1v) is 9.68. The smallest absolute Gasteiger partial charge is 0.236 e. The quantitative estimate of drug-likeness (QED) is 0.743. The Morgan fingerprint density at radius 3 is 2.79 bits per heavy atom. The van der Waals surface area contributed by atoms with Crippen LogP contribution in [0.2, 0.25) is 0 Å². The van der Waals surface area contributed by atoms with Crippen molar-refractivity contribution in [3.05, 3.63) is 24.4 Å². The molecule has 0 N–H and O–H groups in total. The molecule has 2 aliphatic rings. The third-order valence-electron chi connectivity index (χ3n) is 4.89. The monoisotopic (exact) mass is 353 g/mol. The number of carbonyl (C=O) groups excluding carboxylic acids is 1. The van der Waals surface area contributed by atoms with Crippen molar-refractivity contribution in [3.63, 3.8) is 0 Å². The van der Waals surface area contributed by atoms with Crippen molar-refractivity contribution in [3.8, 4) is 5.88 Å². The zero-order chi connectivity index (χ0) is 17.4. The Labute approximate surface area is 142 Å². The first kappa shape index (κ1) is 17.2. The normalized spacial score (nSPS) is 24.1. The fourth-order valence-electron chi connectivity index (χ4n) is 3.47. The first-order chi connectivity index (χ1) is 11.3. The van der Waals surface area contributed by atoms with E-state index in [4.69, 9.17) is 4.74 Å². The van der Waals surface area contributed by atoms with Gasteiger partial charge in [-0.2, -0.15) is 0 Å². The van der Waals surface area contributed by atoms with E-state index >= 15 is 0 Å². The number of nitrogens with zero attached hydrogens (tertiary/aromatic N) is 3. The summed E-state index contributed by atoms with van der Waals surface area (Å²) in [4.78, 5) is 19.6. The Kier molecular flexibility index (Phi) is 4.52. The van der Waals surface area contributed by atoms with Crippen LogP contribution in [0.15, 0.2) is 24.4 Å². The second kappa shape index (κ2) is 6.33. The van der Waals surface area contributed by atoms with E-state index in [1.807, 2.05) is 20.2 Å². The van der Waals surface area contributed by atoms with Crippen LogP contribution in [0.25, 0.3) is 0 Å². The van der Waals surface area contributed by atoms with Crippen LogP contribution in [0.5, 0.6) is 5.88 Å². The van der Waals surface area contributed by atoms with Gasteiger partial charge in [0, 0.05) is 31.3 Å². The average Bonchev–Trinajstić information content (AvgIpc) is 2.74. The van der Waals surface area contributed by atoms with Gasteiger partial charge < -0.3 is 14.5 Å². The molecule has 0 bridgehead atoms. The van der Waals surface area contributed by atoms with Gasteiger partial charge >= 0.3 is 0 Å². The molecular weight excluding hydrogens is 330 g/mol. The third kappa shape index (κ3) is 3.00. The minimum Gasteiger partial charge on any atom is -0.477 e. The number of carbonyl (C=O) groups is 1. The Morgan fingerprint density at radius 2 is 2.17 bits per heavy atom. The predicted molar refractivity (Wildman–Crippen MR) is 89.5 cm³/mol. The fourth-order valence-corrected chi connectivity index (χ4v) is 5.87. The molecule has 1 aromatic rings. The summed E-state index contributed by atoms with van der Waals surface area (Å²) >= 11 is 0. The lowest BCUT2D eigenvalue weighted by atomic mass is 9.83. The maximum atomic E-state index is 12.6. The molecule has 24 heavy (non-hydrogen) atoms. The third-order valence-corrected chi connectivity index (χ3v) is 7.49. The summed E-state index contributed by atoms with van der Waals surface area (Å²) in [6.07, 6.45) is 2.21. The van der Waals surface area contributed by atoms with Crippen LogP contribution < -0.4 is 4.74 Å². The van der Waals surface area contributed by atoms with Gasteiger partial charge in [0.15, 0.2) is 9.84 Å². The molecule has 3 heterocycles. The minimum atomic E-state index is -3.21. The molecule has 0 aliphatic carbocycles. The summed E-state index contributed by atoms with van der Waals surface area (Å²) in [5.74, 6) is 0.528. The fraction of sp³-hybridized carbons (Fsp3) is 0.625. The van der Waals surface area contributed by atoms with Gasteiger partial charge in [-0.15, -0.1) is 0 Å². The Bertz CT molecular complexity index is 699. The molecular formula is C16H23N3O4S. The molecule has 132 valence electrons. The van der Waals surface area contributed by atoms with Crippen LogP contribution in [0.4, 0.5) is 0 Å². The van der Waals surface area contributed by atoms with E-state index in [0.29, 0.717) is 25.5 Å². The number of hydrogen-bond acceptors (Lipinski definition) is 6. The molecule has 2 saturated heterocycles. The molecule has 1 atom stereocenters. The van der Waals surface area contributed by atoms with E-state index in [9.17, 15) is 13.2 Å². The number of hydrogen-bond donors (Lipinski definition) is 0. The lowest BCUT2D eigenvalue weighted by Crippen LogP contribution is -2.69. The van der Waals surface area contributed by atoms with E-state index in [-0.39, 0.29) is 30.7 Å². The SMILES string of the molecule is CN(C)CC(=O)N1CC2(C1)C(COc1ccccn1)CCS2(=O)=O. The highest BCUT2D eigenvalue weighted by molar-refractivity contribution is 7.93. The molecule has 0 aromatic carbocycles. The Balaban J connectivity index is 1.67. The highest BCUT2D eigenvalue weighted by Crippen LogP contribution is 2.44. The zero-order valence-electron chi connectivity index (χ0n) is 14.0. The predicted octanol–water partition coefficient (Wildman–Crippen LogP) is 0.0377. The molecule has 1 amide bonds. The molecule has 8 heteroatoms. The number of rotatable bonds is 5. The number of ether oxygens (including phenoxy) is 1. The second-order valence-electron chi connectivity index (χ2n) is 6.84. The number of aromatic nitrogens is 1. The molecule has 2 aliphatic heterocycles. The van der Waals surface area contributed by atoms with Gasteiger partial charge in [0.1, 0.15) is 4.75 Å². The highest BCUT2D eigenvalue weighted by atomic mass is 32.2. The van der Waals surface area contributed by atoms with Gasteiger partial charge in [0.05, 0.1) is 18.9 Å². The lowest BCUT2D eigenvalue weighted by molar-refractivity contribution is -0.138. The highest BCUT2D eigenvalue weighted by Gasteiger charge is 2.62. The summed E-state index contributed by atoms with van der Waals surface area (Å²) < 4.78 is 30.0. The maximum absolute atomic E-state index is 12.6. The van der Waals surface area contributed by atoms with Crippen LogP contribution >= 0.6 is 0 Å². The van der Waals surface area contributed by atoms with Crippen LogP contribution in [-0.2, 0) is 14.6 Å². The van der Waals surface area contributed by atoms with Crippen molar-refractivity contribution < 1.29 is 17.9 Å². The first-order valence-electron chi connectivity index (χ1n) is 8.03. The van der Waals surface area contributed by atoms with Gasteiger partial charge in [-0.1, -0.05) is 6.07 Å². The number of sulfone groups is 1. The zero-order valence-corrected chi connectivity index (χ0v) is 14.8. The number of likely N-dealkylation sites (N-methyl/N-ethyl adjacent to an activating group) is 1. The van der Waals surface area contributed by atoms with Gasteiger partial charge in [-0.25, -0.2) is 13.4 Å². The second-order valence-corrected chi connectivity index (χ2v) is 9.29. The van der Waals surface area contributed by atoms with Crippen LogP contribution in [0.1, 0.15) is 6.42 Å². The van der Waals surface area contributed by atoms with Crippen molar-refractivity contribution in [2.45, 2.75) is 11.2 Å². The minimum absolute atomic E-state index is 0.0304. The molecule has 0 saturated carbocycles. The molecule has 7 nitrogen and oxygen atoms in total. The largest absolute Gasteiger partial charge is 0.477 e. The van der Waals surface area contributed by atoms with E-state index in [1.54, 1.807) is 28.1 Å². The number of pyridine rings is 1. The number of amides is 1. The molecule has 0 radical (unpaired) electrons. The van der Waals surface area contributed by atoms with E-state index < -0.39 is 14.6 Å². The number of likely N-dealkylation sites (tertiary alicyclic amines) is 1. The summed E-state index contributed by atoms with van der Waals surface area (Å²) in [5.41, 5.74) is 0.